The third-order valence-corrected chi connectivity index (χ3v) is 3.10. The summed E-state index contributed by atoms with van der Waals surface area (Å²) < 4.78 is 0. The molecule has 92 valence electrons. The van der Waals surface area contributed by atoms with Gasteiger partial charge in [-0.2, -0.15) is 5.10 Å². The number of imidazole rings is 1. The molecule has 0 radical (unpaired) electrons. The normalized spacial score (nSPS) is 11.2. The molecule has 0 aliphatic heterocycles. The number of nitrogens with one attached hydrogen (secondary N) is 3. The third-order valence-electron chi connectivity index (χ3n) is 3.10. The molecule has 4 aromatic rings. The first-order valence-corrected chi connectivity index (χ1v) is 6.05. The van der Waals surface area contributed by atoms with Gasteiger partial charge in [-0.3, -0.25) is 5.10 Å². The maximum absolute atomic E-state index is 4.47. The molecule has 0 saturated heterocycles. The van der Waals surface area contributed by atoms with Gasteiger partial charge >= 0.3 is 0 Å². The highest BCUT2D eigenvalue weighted by atomic mass is 15.2. The van der Waals surface area contributed by atoms with E-state index < -0.39 is 0 Å². The van der Waals surface area contributed by atoms with Gasteiger partial charge in [-0.05, 0) is 24.3 Å². The zero-order valence-electron chi connectivity index (χ0n) is 10.0. The fourth-order valence-electron chi connectivity index (χ4n) is 2.18. The highest BCUT2D eigenvalue weighted by molar-refractivity contribution is 5.91. The third kappa shape index (κ3) is 1.63. The van der Waals surface area contributed by atoms with Crippen LogP contribution in [-0.4, -0.2) is 20.2 Å². The summed E-state index contributed by atoms with van der Waals surface area (Å²) in [6.45, 7) is 0. The average Bonchev–Trinajstić information content (AvgIpc) is 3.03. The smallest absolute Gasteiger partial charge is 0.206 e. The minimum Gasteiger partial charge on any atom is -0.324 e. The van der Waals surface area contributed by atoms with Crippen molar-refractivity contribution in [2.75, 3.05) is 5.32 Å². The molecule has 0 spiro atoms. The summed E-state index contributed by atoms with van der Waals surface area (Å²) >= 11 is 0. The summed E-state index contributed by atoms with van der Waals surface area (Å²) in [5.41, 5.74) is 2.94. The van der Waals surface area contributed by atoms with Crippen LogP contribution in [0.3, 0.4) is 0 Å². The molecular weight excluding hydrogens is 238 g/mol. The second-order valence-corrected chi connectivity index (χ2v) is 4.35. The summed E-state index contributed by atoms with van der Waals surface area (Å²) in [4.78, 5) is 7.70. The van der Waals surface area contributed by atoms with E-state index in [4.69, 9.17) is 0 Å². The lowest BCUT2D eigenvalue weighted by atomic mass is 10.2. The second kappa shape index (κ2) is 3.84. The number of H-pyrrole nitrogens is 2. The van der Waals surface area contributed by atoms with Crippen molar-refractivity contribution < 1.29 is 0 Å². The Morgan fingerprint density at radius 1 is 0.895 bits per heavy atom. The molecule has 19 heavy (non-hydrogen) atoms. The quantitative estimate of drug-likeness (QED) is 0.511. The van der Waals surface area contributed by atoms with Crippen LogP contribution in [0.4, 0.5) is 11.8 Å². The Labute approximate surface area is 108 Å². The Morgan fingerprint density at radius 3 is 2.58 bits per heavy atom. The minimum absolute atomic E-state index is 0.693. The molecule has 5 heteroatoms. The molecule has 2 heterocycles. The van der Waals surface area contributed by atoms with E-state index in [1.165, 1.54) is 0 Å². The molecule has 0 bridgehead atoms. The lowest BCUT2D eigenvalue weighted by Gasteiger charge is -1.97. The number of nitrogens with zero attached hydrogens (tertiary/aromatic N) is 2. The molecule has 2 aromatic carbocycles. The first kappa shape index (κ1) is 10.1. The van der Waals surface area contributed by atoms with Gasteiger partial charge in [0.25, 0.3) is 0 Å². The van der Waals surface area contributed by atoms with E-state index in [0.29, 0.717) is 5.95 Å². The largest absolute Gasteiger partial charge is 0.324 e. The molecule has 0 aliphatic rings. The Balaban J connectivity index is 1.78. The van der Waals surface area contributed by atoms with Gasteiger partial charge < -0.3 is 10.3 Å². The van der Waals surface area contributed by atoms with E-state index >= 15 is 0 Å². The topological polar surface area (TPSA) is 69.4 Å². The van der Waals surface area contributed by atoms with Crippen LogP contribution in [0.15, 0.2) is 48.5 Å². The summed E-state index contributed by atoms with van der Waals surface area (Å²) in [6, 6.07) is 15.9. The van der Waals surface area contributed by atoms with Crippen LogP contribution in [-0.2, 0) is 0 Å². The molecule has 0 aliphatic carbocycles. The van der Waals surface area contributed by atoms with E-state index in [9.17, 15) is 0 Å². The molecule has 0 atom stereocenters. The Morgan fingerprint density at radius 2 is 1.68 bits per heavy atom. The number of fused-ring (bicyclic) bond motifs is 2. The second-order valence-electron chi connectivity index (χ2n) is 4.35. The maximum Gasteiger partial charge on any atom is 0.206 e. The number of hydrogen-bond acceptors (Lipinski definition) is 3. The van der Waals surface area contributed by atoms with Crippen molar-refractivity contribution >= 4 is 33.7 Å². The van der Waals surface area contributed by atoms with Crippen LogP contribution in [0.25, 0.3) is 21.9 Å². The van der Waals surface area contributed by atoms with Crippen molar-refractivity contribution in [1.82, 2.24) is 20.2 Å². The van der Waals surface area contributed by atoms with Crippen LogP contribution >= 0.6 is 0 Å². The van der Waals surface area contributed by atoms with Gasteiger partial charge in [-0.25, -0.2) is 4.98 Å². The van der Waals surface area contributed by atoms with Crippen molar-refractivity contribution in [3.63, 3.8) is 0 Å². The van der Waals surface area contributed by atoms with Gasteiger partial charge in [-0.1, -0.05) is 24.3 Å². The van der Waals surface area contributed by atoms with E-state index in [1.54, 1.807) is 0 Å². The average molecular weight is 249 g/mol. The zero-order chi connectivity index (χ0) is 12.7. The summed E-state index contributed by atoms with van der Waals surface area (Å²) in [7, 11) is 0. The molecule has 4 rings (SSSR count). The fraction of sp³-hybridized carbons (Fsp3) is 0. The van der Waals surface area contributed by atoms with Crippen molar-refractivity contribution in [2.45, 2.75) is 0 Å². The highest BCUT2D eigenvalue weighted by Crippen LogP contribution is 2.23. The molecular formula is C14H11N5. The van der Waals surface area contributed by atoms with Gasteiger partial charge in [0.15, 0.2) is 5.82 Å². The fourth-order valence-corrected chi connectivity index (χ4v) is 2.18. The SMILES string of the molecule is c1ccc2[nH]c(Nc3n[nH]c4ccccc34)nc2c1. The Bertz CT molecular complexity index is 825. The van der Waals surface area contributed by atoms with Gasteiger partial charge in [0, 0.05) is 5.39 Å². The van der Waals surface area contributed by atoms with Crippen LogP contribution < -0.4 is 5.32 Å². The molecule has 3 N–H and O–H groups in total. The standard InChI is InChI=1S/C14H11N5/c1-2-6-10-9(5-1)13(19-18-10)17-14-15-11-7-3-4-8-12(11)16-14/h1-8H,(H3,15,16,17,18,19). The minimum atomic E-state index is 0.693. The number of aromatic nitrogens is 4. The van der Waals surface area contributed by atoms with Gasteiger partial charge in [0.05, 0.1) is 16.6 Å². The number of hydrogen-bond donors (Lipinski definition) is 3. The number of benzene rings is 2. The monoisotopic (exact) mass is 249 g/mol. The maximum atomic E-state index is 4.47. The van der Waals surface area contributed by atoms with E-state index in [0.717, 1.165) is 27.8 Å². The van der Waals surface area contributed by atoms with Gasteiger partial charge in [0.2, 0.25) is 5.95 Å². The Kier molecular flexibility index (Phi) is 2.05. The number of rotatable bonds is 2. The summed E-state index contributed by atoms with van der Waals surface area (Å²) in [6.07, 6.45) is 0. The lowest BCUT2D eigenvalue weighted by molar-refractivity contribution is 1.11. The molecule has 0 amide bonds. The van der Waals surface area contributed by atoms with E-state index in [1.807, 2.05) is 48.5 Å². The number of anilines is 2. The molecule has 5 nitrogen and oxygen atoms in total. The predicted octanol–water partition coefficient (Wildman–Crippen LogP) is 3.18. The van der Waals surface area contributed by atoms with Crippen LogP contribution in [0.5, 0.6) is 0 Å². The molecule has 0 saturated carbocycles. The van der Waals surface area contributed by atoms with Crippen molar-refractivity contribution in [1.29, 1.82) is 0 Å². The number of aromatic amines is 2. The molecule has 2 aromatic heterocycles. The van der Waals surface area contributed by atoms with Crippen LogP contribution in [0, 0.1) is 0 Å². The number of para-hydroxylation sites is 3. The lowest BCUT2D eigenvalue weighted by Crippen LogP contribution is -1.92. The summed E-state index contributed by atoms with van der Waals surface area (Å²) in [5.74, 6) is 1.47. The summed E-state index contributed by atoms with van der Waals surface area (Å²) in [5, 5.41) is 11.5. The molecule has 0 fully saturated rings. The van der Waals surface area contributed by atoms with Crippen molar-refractivity contribution in [3.8, 4) is 0 Å². The first-order valence-electron chi connectivity index (χ1n) is 6.05. The highest BCUT2D eigenvalue weighted by Gasteiger charge is 2.07. The molecule has 0 unspecified atom stereocenters. The van der Waals surface area contributed by atoms with E-state index in [2.05, 4.69) is 25.5 Å². The zero-order valence-corrected chi connectivity index (χ0v) is 10.0. The first-order chi connectivity index (χ1) is 9.40. The van der Waals surface area contributed by atoms with Crippen molar-refractivity contribution in [3.05, 3.63) is 48.5 Å². The van der Waals surface area contributed by atoms with Crippen LogP contribution in [0.2, 0.25) is 0 Å². The Hall–Kier alpha value is -2.82. The van der Waals surface area contributed by atoms with E-state index in [-0.39, 0.29) is 0 Å². The van der Waals surface area contributed by atoms with Gasteiger partial charge in [-0.15, -0.1) is 0 Å². The van der Waals surface area contributed by atoms with Crippen molar-refractivity contribution in [2.24, 2.45) is 0 Å². The van der Waals surface area contributed by atoms with Gasteiger partial charge in [0.1, 0.15) is 0 Å². The van der Waals surface area contributed by atoms with Crippen LogP contribution in [0.1, 0.15) is 0 Å². The predicted molar refractivity (Wildman–Crippen MR) is 75.5 cm³/mol.